The first-order chi connectivity index (χ1) is 10.3. The molecule has 1 N–H and O–H groups in total. The third-order valence-electron chi connectivity index (χ3n) is 4.56. The Morgan fingerprint density at radius 2 is 2.24 bits per heavy atom. The maximum absolute atomic E-state index is 4.95. The van der Waals surface area contributed by atoms with E-state index < -0.39 is 0 Å². The molecular formula is C16H26N4S. The lowest BCUT2D eigenvalue weighted by molar-refractivity contribution is 0.610. The predicted molar refractivity (Wildman–Crippen MR) is 90.3 cm³/mol. The Morgan fingerprint density at radius 3 is 3.00 bits per heavy atom. The van der Waals surface area contributed by atoms with Gasteiger partial charge in [-0.2, -0.15) is 0 Å². The molecule has 2 aromatic heterocycles. The first-order valence-corrected chi connectivity index (χ1v) is 9.07. The Balaban J connectivity index is 1.96. The monoisotopic (exact) mass is 306 g/mol. The minimum absolute atomic E-state index is 0.601. The molecular weight excluding hydrogens is 280 g/mol. The van der Waals surface area contributed by atoms with Gasteiger partial charge in [0.05, 0.1) is 5.69 Å². The number of anilines is 1. The van der Waals surface area contributed by atoms with Gasteiger partial charge in [0, 0.05) is 30.2 Å². The van der Waals surface area contributed by atoms with Crippen molar-refractivity contribution in [3.8, 4) is 0 Å². The van der Waals surface area contributed by atoms with Crippen LogP contribution >= 0.6 is 11.3 Å². The van der Waals surface area contributed by atoms with E-state index in [1.807, 2.05) is 0 Å². The van der Waals surface area contributed by atoms with Crippen molar-refractivity contribution in [2.45, 2.75) is 65.1 Å². The normalized spacial score (nSPS) is 22.5. The number of hydrogen-bond donors (Lipinski definition) is 1. The molecule has 0 aromatic carbocycles. The summed E-state index contributed by atoms with van der Waals surface area (Å²) in [4.78, 5) is 8.64. The van der Waals surface area contributed by atoms with E-state index in [2.05, 4.69) is 47.0 Å². The Labute approximate surface area is 131 Å². The van der Waals surface area contributed by atoms with Crippen molar-refractivity contribution in [3.05, 3.63) is 17.3 Å². The summed E-state index contributed by atoms with van der Waals surface area (Å²) >= 11 is 1.73. The van der Waals surface area contributed by atoms with Gasteiger partial charge in [-0.15, -0.1) is 11.3 Å². The molecule has 0 spiro atoms. The average Bonchev–Trinajstić information content (AvgIpc) is 3.14. The van der Waals surface area contributed by atoms with E-state index in [4.69, 9.17) is 4.98 Å². The topological polar surface area (TPSA) is 32.6 Å². The highest BCUT2D eigenvalue weighted by Gasteiger charge is 2.33. The fraction of sp³-hybridized carbons (Fsp3) is 0.688. The molecule has 0 amide bonds. The van der Waals surface area contributed by atoms with Crippen LogP contribution in [0, 0.1) is 0 Å². The van der Waals surface area contributed by atoms with Crippen molar-refractivity contribution >= 4 is 22.1 Å². The number of nitrogens with one attached hydrogen (secondary N) is 1. The van der Waals surface area contributed by atoms with Crippen LogP contribution in [-0.2, 0) is 6.54 Å². The van der Waals surface area contributed by atoms with Crippen molar-refractivity contribution in [1.29, 1.82) is 0 Å². The van der Waals surface area contributed by atoms with Gasteiger partial charge in [-0.25, -0.2) is 4.98 Å². The summed E-state index contributed by atoms with van der Waals surface area (Å²) in [5.41, 5.74) is 1.33. The van der Waals surface area contributed by atoms with E-state index in [-0.39, 0.29) is 0 Å². The van der Waals surface area contributed by atoms with Crippen LogP contribution < -0.4 is 10.2 Å². The molecule has 0 bridgehead atoms. The number of rotatable bonds is 6. The molecule has 1 saturated heterocycles. The molecule has 4 nitrogen and oxygen atoms in total. The minimum Gasteiger partial charge on any atom is -0.349 e. The molecule has 21 heavy (non-hydrogen) atoms. The van der Waals surface area contributed by atoms with Crippen LogP contribution in [0.25, 0.3) is 4.96 Å². The second-order valence-electron chi connectivity index (χ2n) is 6.01. The van der Waals surface area contributed by atoms with E-state index in [1.54, 1.807) is 11.3 Å². The number of fused-ring (bicyclic) bond motifs is 1. The van der Waals surface area contributed by atoms with Crippen LogP contribution in [0.2, 0.25) is 0 Å². The summed E-state index contributed by atoms with van der Waals surface area (Å²) < 4.78 is 2.26. The maximum atomic E-state index is 4.95. The highest BCUT2D eigenvalue weighted by atomic mass is 32.1. The van der Waals surface area contributed by atoms with E-state index in [1.165, 1.54) is 37.2 Å². The van der Waals surface area contributed by atoms with Crippen molar-refractivity contribution in [1.82, 2.24) is 14.7 Å². The Hall–Kier alpha value is -1.07. The standard InChI is InChI=1S/C16H26N4S/c1-4-8-17-11-14-15(18-16-19(14)9-10-21-16)20-12(3)6-7-13(20)5-2/h9-10,12-13,17H,4-8,11H2,1-3H3. The molecule has 1 fully saturated rings. The fourth-order valence-corrected chi connectivity index (χ4v) is 4.16. The maximum Gasteiger partial charge on any atom is 0.195 e. The first-order valence-electron chi connectivity index (χ1n) is 8.19. The lowest BCUT2D eigenvalue weighted by Crippen LogP contribution is -2.35. The molecule has 0 aliphatic carbocycles. The second-order valence-corrected chi connectivity index (χ2v) is 6.88. The van der Waals surface area contributed by atoms with Gasteiger partial charge in [-0.3, -0.25) is 4.40 Å². The summed E-state index contributed by atoms with van der Waals surface area (Å²) in [6.07, 6.45) is 7.10. The smallest absolute Gasteiger partial charge is 0.195 e. The molecule has 2 aromatic rings. The molecule has 5 heteroatoms. The fourth-order valence-electron chi connectivity index (χ4n) is 3.43. The van der Waals surface area contributed by atoms with Gasteiger partial charge in [0.1, 0.15) is 0 Å². The van der Waals surface area contributed by atoms with Crippen LogP contribution in [0.5, 0.6) is 0 Å². The summed E-state index contributed by atoms with van der Waals surface area (Å²) in [7, 11) is 0. The highest BCUT2D eigenvalue weighted by Crippen LogP contribution is 2.34. The molecule has 0 radical (unpaired) electrons. The van der Waals surface area contributed by atoms with Gasteiger partial charge in [0.15, 0.2) is 10.8 Å². The quantitative estimate of drug-likeness (QED) is 0.827. The molecule has 1 aliphatic rings. The summed E-state index contributed by atoms with van der Waals surface area (Å²) in [6.45, 7) is 8.81. The minimum atomic E-state index is 0.601. The van der Waals surface area contributed by atoms with Crippen molar-refractivity contribution in [2.75, 3.05) is 11.4 Å². The number of nitrogens with zero attached hydrogens (tertiary/aromatic N) is 3. The third kappa shape index (κ3) is 2.69. The molecule has 1 aliphatic heterocycles. The van der Waals surface area contributed by atoms with Crippen LogP contribution in [-0.4, -0.2) is 28.0 Å². The molecule has 0 saturated carbocycles. The van der Waals surface area contributed by atoms with E-state index in [9.17, 15) is 0 Å². The largest absolute Gasteiger partial charge is 0.349 e. The summed E-state index contributed by atoms with van der Waals surface area (Å²) in [5.74, 6) is 1.21. The average molecular weight is 306 g/mol. The number of imidazole rings is 1. The Morgan fingerprint density at radius 1 is 1.38 bits per heavy atom. The van der Waals surface area contributed by atoms with Crippen molar-refractivity contribution in [3.63, 3.8) is 0 Å². The highest BCUT2D eigenvalue weighted by molar-refractivity contribution is 7.15. The van der Waals surface area contributed by atoms with E-state index in [0.717, 1.165) is 18.1 Å². The Kier molecular flexibility index (Phi) is 4.50. The van der Waals surface area contributed by atoms with E-state index in [0.29, 0.717) is 12.1 Å². The lowest BCUT2D eigenvalue weighted by Gasteiger charge is -2.29. The van der Waals surface area contributed by atoms with Crippen LogP contribution in [0.15, 0.2) is 11.6 Å². The molecule has 3 heterocycles. The van der Waals surface area contributed by atoms with Gasteiger partial charge in [0.2, 0.25) is 0 Å². The number of thiazole rings is 1. The SMILES string of the molecule is CCCNCc1c(N2C(C)CCC2CC)nc2sccn12. The zero-order valence-electron chi connectivity index (χ0n) is 13.3. The molecule has 3 rings (SSSR count). The van der Waals surface area contributed by atoms with Crippen molar-refractivity contribution in [2.24, 2.45) is 0 Å². The Bertz CT molecular complexity index is 588. The van der Waals surface area contributed by atoms with Crippen LogP contribution in [0.3, 0.4) is 0 Å². The molecule has 2 atom stereocenters. The van der Waals surface area contributed by atoms with Gasteiger partial charge < -0.3 is 10.2 Å². The zero-order valence-corrected chi connectivity index (χ0v) is 14.1. The van der Waals surface area contributed by atoms with Gasteiger partial charge >= 0.3 is 0 Å². The lowest BCUT2D eigenvalue weighted by atomic mass is 10.1. The van der Waals surface area contributed by atoms with Crippen LogP contribution in [0.4, 0.5) is 5.82 Å². The first kappa shape index (κ1) is 14.9. The second kappa shape index (κ2) is 6.36. The summed E-state index contributed by atoms with van der Waals surface area (Å²) in [6, 6.07) is 1.25. The van der Waals surface area contributed by atoms with Gasteiger partial charge in [-0.1, -0.05) is 13.8 Å². The van der Waals surface area contributed by atoms with Gasteiger partial charge in [-0.05, 0) is 39.2 Å². The van der Waals surface area contributed by atoms with Crippen molar-refractivity contribution < 1.29 is 0 Å². The molecule has 2 unspecified atom stereocenters. The third-order valence-corrected chi connectivity index (χ3v) is 5.32. The summed E-state index contributed by atoms with van der Waals surface area (Å²) in [5, 5.41) is 5.67. The van der Waals surface area contributed by atoms with Gasteiger partial charge in [0.25, 0.3) is 0 Å². The molecule has 116 valence electrons. The number of hydrogen-bond acceptors (Lipinski definition) is 4. The van der Waals surface area contributed by atoms with Crippen LogP contribution in [0.1, 0.15) is 52.1 Å². The van der Waals surface area contributed by atoms with E-state index >= 15 is 0 Å². The predicted octanol–water partition coefficient (Wildman–Crippen LogP) is 3.66. The number of aromatic nitrogens is 2. The zero-order chi connectivity index (χ0) is 14.8.